The molecule has 0 aliphatic carbocycles. The van der Waals surface area contributed by atoms with Gasteiger partial charge in [0.1, 0.15) is 0 Å². The summed E-state index contributed by atoms with van der Waals surface area (Å²) in [6, 6.07) is 0. The van der Waals surface area contributed by atoms with Gasteiger partial charge in [0, 0.05) is 71.9 Å². The second kappa shape index (κ2) is 20.6. The second-order valence-electron chi connectivity index (χ2n) is 6.86. The van der Waals surface area contributed by atoms with Crippen LogP contribution in [-0.2, 0) is 33.2 Å². The lowest BCUT2D eigenvalue weighted by Gasteiger charge is -2.30. The first-order valence-corrected chi connectivity index (χ1v) is 11.9. The highest BCUT2D eigenvalue weighted by Crippen LogP contribution is 2.22. The van der Waals surface area contributed by atoms with Crippen molar-refractivity contribution in [3.8, 4) is 0 Å². The van der Waals surface area contributed by atoms with E-state index >= 15 is 0 Å². The molecule has 0 saturated heterocycles. The van der Waals surface area contributed by atoms with E-state index in [1.165, 1.54) is 0 Å². The van der Waals surface area contributed by atoms with Crippen LogP contribution in [-0.4, -0.2) is 77.1 Å². The van der Waals surface area contributed by atoms with Crippen molar-refractivity contribution in [3.63, 3.8) is 0 Å². The van der Waals surface area contributed by atoms with Crippen molar-refractivity contribution in [1.29, 1.82) is 0 Å². The molecule has 0 aliphatic heterocycles. The summed E-state index contributed by atoms with van der Waals surface area (Å²) in [5.41, 5.74) is 0. The van der Waals surface area contributed by atoms with Gasteiger partial charge in [-0.2, -0.15) is 0 Å². The van der Waals surface area contributed by atoms with E-state index in [-0.39, 0.29) is 30.9 Å². The fourth-order valence-electron chi connectivity index (χ4n) is 3.53. The van der Waals surface area contributed by atoms with Crippen molar-refractivity contribution in [2.75, 3.05) is 46.2 Å². The molecule has 0 aliphatic rings. The maximum atomic E-state index is 6.08. The predicted octanol–water partition coefficient (Wildman–Crippen LogP) is 4.56. The summed E-state index contributed by atoms with van der Waals surface area (Å²) in [5.74, 6) is 0. The molecule has 0 saturated carbocycles. The van der Waals surface area contributed by atoms with Crippen LogP contribution in [0.3, 0.4) is 0 Å². The highest BCUT2D eigenvalue weighted by atomic mass is 16.7. The Morgan fingerprint density at radius 3 is 0.800 bits per heavy atom. The molecule has 0 amide bonds. The molecule has 7 nitrogen and oxygen atoms in total. The molecule has 182 valence electrons. The monoisotopic (exact) mass is 436 g/mol. The van der Waals surface area contributed by atoms with Gasteiger partial charge in [0.25, 0.3) is 0 Å². The Morgan fingerprint density at radius 1 is 0.333 bits per heavy atom. The van der Waals surface area contributed by atoms with Gasteiger partial charge in [-0.3, -0.25) is 0 Å². The fourth-order valence-corrected chi connectivity index (χ4v) is 3.53. The van der Waals surface area contributed by atoms with Crippen LogP contribution in [0.5, 0.6) is 0 Å². The molecule has 0 bridgehead atoms. The van der Waals surface area contributed by atoms with Gasteiger partial charge in [-0.1, -0.05) is 0 Å². The molecule has 0 radical (unpaired) electrons. The Hall–Kier alpha value is -0.280. The third-order valence-electron chi connectivity index (χ3n) is 4.58. The topological polar surface area (TPSA) is 64.6 Å². The number of ether oxygens (including phenoxy) is 7. The van der Waals surface area contributed by atoms with E-state index in [2.05, 4.69) is 0 Å². The van der Waals surface area contributed by atoms with Crippen LogP contribution in [0.1, 0.15) is 74.1 Å². The highest BCUT2D eigenvalue weighted by molar-refractivity contribution is 4.74. The Labute approximate surface area is 185 Å². The first kappa shape index (κ1) is 29.7. The molecule has 0 spiro atoms. The minimum absolute atomic E-state index is 0.00786. The summed E-state index contributed by atoms with van der Waals surface area (Å²) in [7, 11) is 0. The average molecular weight is 437 g/mol. The summed E-state index contributed by atoms with van der Waals surface area (Å²) in [6.45, 7) is 18.3. The Kier molecular flexibility index (Phi) is 20.4. The van der Waals surface area contributed by atoms with E-state index in [4.69, 9.17) is 33.2 Å². The van der Waals surface area contributed by atoms with Crippen LogP contribution in [0.15, 0.2) is 0 Å². The molecular weight excluding hydrogens is 388 g/mol. The van der Waals surface area contributed by atoms with Crippen LogP contribution in [0, 0.1) is 0 Å². The zero-order valence-corrected chi connectivity index (χ0v) is 20.5. The number of rotatable bonds is 22. The molecule has 0 aromatic rings. The molecule has 2 unspecified atom stereocenters. The van der Waals surface area contributed by atoms with Gasteiger partial charge < -0.3 is 33.2 Å². The molecular formula is C23H48O7. The van der Waals surface area contributed by atoms with Gasteiger partial charge in [0.05, 0.1) is 18.3 Å². The van der Waals surface area contributed by atoms with Gasteiger partial charge in [0.15, 0.2) is 12.6 Å². The normalized spacial score (nSPS) is 15.1. The zero-order chi connectivity index (χ0) is 22.6. The third kappa shape index (κ3) is 14.7. The molecule has 7 heteroatoms. The summed E-state index contributed by atoms with van der Waals surface area (Å²) in [6.07, 6.45) is 2.35. The molecule has 0 fully saturated rings. The summed E-state index contributed by atoms with van der Waals surface area (Å²) in [5, 5.41) is 0. The smallest absolute Gasteiger partial charge is 0.160 e. The molecule has 2 atom stereocenters. The molecule has 0 rings (SSSR count). The van der Waals surface area contributed by atoms with E-state index in [1.54, 1.807) is 0 Å². The quantitative estimate of drug-likeness (QED) is 0.231. The Morgan fingerprint density at radius 2 is 0.567 bits per heavy atom. The van der Waals surface area contributed by atoms with Crippen LogP contribution >= 0.6 is 0 Å². The van der Waals surface area contributed by atoms with E-state index in [1.807, 2.05) is 48.5 Å². The van der Waals surface area contributed by atoms with Crippen molar-refractivity contribution < 1.29 is 33.2 Å². The van der Waals surface area contributed by atoms with Crippen molar-refractivity contribution in [3.05, 3.63) is 0 Å². The minimum atomic E-state index is -0.262. The summed E-state index contributed by atoms with van der Waals surface area (Å²) < 4.78 is 41.0. The average Bonchev–Trinajstić information content (AvgIpc) is 2.69. The van der Waals surface area contributed by atoms with E-state index in [9.17, 15) is 0 Å². The number of hydrogen-bond acceptors (Lipinski definition) is 7. The van der Waals surface area contributed by atoms with Crippen molar-refractivity contribution >= 4 is 0 Å². The molecule has 0 N–H and O–H groups in total. The highest BCUT2D eigenvalue weighted by Gasteiger charge is 2.26. The molecule has 0 aromatic heterocycles. The number of hydrogen-bond donors (Lipinski definition) is 0. The first-order valence-electron chi connectivity index (χ1n) is 11.9. The third-order valence-corrected chi connectivity index (χ3v) is 4.58. The van der Waals surface area contributed by atoms with E-state index in [0.717, 1.165) is 12.8 Å². The minimum Gasteiger partial charge on any atom is -0.378 e. The van der Waals surface area contributed by atoms with Crippen LogP contribution in [0.2, 0.25) is 0 Å². The second-order valence-corrected chi connectivity index (χ2v) is 6.86. The lowest BCUT2D eigenvalue weighted by atomic mass is 10.0. The Bertz CT molecular complexity index is 314. The van der Waals surface area contributed by atoms with Crippen LogP contribution in [0.25, 0.3) is 0 Å². The van der Waals surface area contributed by atoms with Gasteiger partial charge in [-0.05, 0) is 48.5 Å². The standard InChI is InChI=1S/C23H48O7/c1-8-24-19(15-20(25-9-2)17-22(27-11-4)28-12-5)16-21(26-10-3)18-23(29-13-6)30-14-7/h19-23H,8-18H2,1-7H3. The van der Waals surface area contributed by atoms with Gasteiger partial charge in [0.2, 0.25) is 0 Å². The Balaban J connectivity index is 5.08. The maximum absolute atomic E-state index is 6.08. The largest absolute Gasteiger partial charge is 0.378 e. The summed E-state index contributed by atoms with van der Waals surface area (Å²) in [4.78, 5) is 0. The lowest BCUT2D eigenvalue weighted by Crippen LogP contribution is -2.34. The summed E-state index contributed by atoms with van der Waals surface area (Å²) >= 11 is 0. The van der Waals surface area contributed by atoms with Crippen molar-refractivity contribution in [2.24, 2.45) is 0 Å². The van der Waals surface area contributed by atoms with Crippen LogP contribution in [0.4, 0.5) is 0 Å². The van der Waals surface area contributed by atoms with Crippen molar-refractivity contribution in [1.82, 2.24) is 0 Å². The van der Waals surface area contributed by atoms with E-state index in [0.29, 0.717) is 59.1 Å². The van der Waals surface area contributed by atoms with Gasteiger partial charge in [-0.25, -0.2) is 0 Å². The maximum Gasteiger partial charge on any atom is 0.160 e. The molecule has 30 heavy (non-hydrogen) atoms. The lowest BCUT2D eigenvalue weighted by molar-refractivity contribution is -0.166. The zero-order valence-electron chi connectivity index (χ0n) is 20.5. The first-order chi connectivity index (χ1) is 14.6. The van der Waals surface area contributed by atoms with Crippen molar-refractivity contribution in [2.45, 2.75) is 105 Å². The van der Waals surface area contributed by atoms with Crippen LogP contribution < -0.4 is 0 Å². The predicted molar refractivity (Wildman–Crippen MR) is 119 cm³/mol. The molecule has 0 aromatic carbocycles. The van der Waals surface area contributed by atoms with Gasteiger partial charge in [-0.15, -0.1) is 0 Å². The SMILES string of the molecule is CCOC(CC(CC(OCC)OCC)OCC)CC(CC(OCC)OCC)OCC. The molecule has 0 heterocycles. The van der Waals surface area contributed by atoms with Gasteiger partial charge >= 0.3 is 0 Å². The fraction of sp³-hybridized carbons (Fsp3) is 1.00. The van der Waals surface area contributed by atoms with E-state index < -0.39 is 0 Å².